The molecule has 5 nitrogen and oxygen atoms in total. The molecule has 0 unspecified atom stereocenters. The topological polar surface area (TPSA) is 72.3 Å². The van der Waals surface area contributed by atoms with Crippen LogP contribution in [0.2, 0.25) is 0 Å². The predicted molar refractivity (Wildman–Crippen MR) is 57.8 cm³/mol. The Hall–Kier alpha value is -2.17. The van der Waals surface area contributed by atoms with Crippen LogP contribution in [-0.2, 0) is 0 Å². The van der Waals surface area contributed by atoms with E-state index < -0.39 is 5.97 Å². The third-order valence-corrected chi connectivity index (χ3v) is 2.20. The van der Waals surface area contributed by atoms with E-state index in [1.807, 2.05) is 0 Å². The van der Waals surface area contributed by atoms with Crippen molar-refractivity contribution < 1.29 is 14.6 Å². The number of benzene rings is 1. The van der Waals surface area contributed by atoms with Gasteiger partial charge in [0.1, 0.15) is 11.3 Å². The Kier molecular flexibility index (Phi) is 2.44. The van der Waals surface area contributed by atoms with Gasteiger partial charge in [-0.2, -0.15) is 0 Å². The van der Waals surface area contributed by atoms with Gasteiger partial charge in [0.15, 0.2) is 0 Å². The molecule has 2 aromatic rings. The third kappa shape index (κ3) is 1.67. The van der Waals surface area contributed by atoms with E-state index in [2.05, 4.69) is 9.97 Å². The molecular formula is C11H10N2O3. The van der Waals surface area contributed by atoms with Gasteiger partial charge in [0, 0.05) is 6.20 Å². The van der Waals surface area contributed by atoms with Crippen LogP contribution < -0.4 is 4.74 Å². The molecule has 1 N–H and O–H groups in total. The number of nitrogens with zero attached hydrogens (tertiary/aromatic N) is 2. The molecule has 0 aliphatic rings. The largest absolute Gasteiger partial charge is 0.494 e. The van der Waals surface area contributed by atoms with Gasteiger partial charge >= 0.3 is 5.97 Å². The average molecular weight is 218 g/mol. The summed E-state index contributed by atoms with van der Waals surface area (Å²) in [6.07, 6.45) is 1.62. The Balaban J connectivity index is 2.78. The lowest BCUT2D eigenvalue weighted by Gasteiger charge is -2.06. The summed E-state index contributed by atoms with van der Waals surface area (Å²) in [5.41, 5.74) is 1.97. The lowest BCUT2D eigenvalue weighted by Crippen LogP contribution is -1.99. The van der Waals surface area contributed by atoms with Crippen LogP contribution >= 0.6 is 0 Å². The summed E-state index contributed by atoms with van der Waals surface area (Å²) in [7, 11) is 1.47. The van der Waals surface area contributed by atoms with Gasteiger partial charge in [0.2, 0.25) is 0 Å². The summed E-state index contributed by atoms with van der Waals surface area (Å²) in [6.45, 7) is 1.80. The monoisotopic (exact) mass is 218 g/mol. The fraction of sp³-hybridized carbons (Fsp3) is 0.182. The van der Waals surface area contributed by atoms with Gasteiger partial charge < -0.3 is 9.84 Å². The zero-order valence-electron chi connectivity index (χ0n) is 8.89. The fourth-order valence-electron chi connectivity index (χ4n) is 1.46. The summed E-state index contributed by atoms with van der Waals surface area (Å²) >= 11 is 0. The van der Waals surface area contributed by atoms with E-state index in [-0.39, 0.29) is 5.56 Å². The van der Waals surface area contributed by atoms with E-state index in [0.717, 1.165) is 5.69 Å². The van der Waals surface area contributed by atoms with Gasteiger partial charge in [-0.1, -0.05) is 0 Å². The Morgan fingerprint density at radius 2 is 2.19 bits per heavy atom. The number of rotatable bonds is 2. The molecule has 0 aliphatic carbocycles. The van der Waals surface area contributed by atoms with Crippen molar-refractivity contribution in [3.05, 3.63) is 29.6 Å². The SMILES string of the molecule is COc1cc(C(=O)O)cc2nc(C)cnc12. The first-order valence-corrected chi connectivity index (χ1v) is 4.66. The molecule has 1 heterocycles. The first kappa shape index (κ1) is 10.4. The number of carboxylic acids is 1. The Morgan fingerprint density at radius 3 is 2.81 bits per heavy atom. The van der Waals surface area contributed by atoms with Crippen molar-refractivity contribution in [2.45, 2.75) is 6.92 Å². The van der Waals surface area contributed by atoms with Gasteiger partial charge in [0.05, 0.1) is 23.9 Å². The molecule has 0 saturated heterocycles. The second-order valence-electron chi connectivity index (χ2n) is 3.36. The molecule has 0 radical (unpaired) electrons. The zero-order valence-corrected chi connectivity index (χ0v) is 8.89. The van der Waals surface area contributed by atoms with Gasteiger partial charge in [0.25, 0.3) is 0 Å². The highest BCUT2D eigenvalue weighted by molar-refractivity contribution is 5.94. The summed E-state index contributed by atoms with van der Waals surface area (Å²) in [6, 6.07) is 2.93. The number of ether oxygens (including phenoxy) is 1. The number of methoxy groups -OCH3 is 1. The fourth-order valence-corrected chi connectivity index (χ4v) is 1.46. The number of aromatic nitrogens is 2. The molecule has 0 atom stereocenters. The van der Waals surface area contributed by atoms with E-state index in [1.165, 1.54) is 19.2 Å². The van der Waals surface area contributed by atoms with Crippen LogP contribution in [0.4, 0.5) is 0 Å². The highest BCUT2D eigenvalue weighted by Gasteiger charge is 2.11. The maximum absolute atomic E-state index is 10.9. The maximum Gasteiger partial charge on any atom is 0.335 e. The first-order chi connectivity index (χ1) is 7.61. The molecule has 0 aliphatic heterocycles. The molecule has 2 rings (SSSR count). The quantitative estimate of drug-likeness (QED) is 0.829. The van der Waals surface area contributed by atoms with Gasteiger partial charge in [-0.05, 0) is 19.1 Å². The summed E-state index contributed by atoms with van der Waals surface area (Å²) in [4.78, 5) is 19.3. The van der Waals surface area contributed by atoms with Crippen molar-refractivity contribution in [2.24, 2.45) is 0 Å². The predicted octanol–water partition coefficient (Wildman–Crippen LogP) is 1.65. The normalized spacial score (nSPS) is 10.4. The van der Waals surface area contributed by atoms with E-state index in [0.29, 0.717) is 16.8 Å². The van der Waals surface area contributed by atoms with E-state index in [4.69, 9.17) is 9.84 Å². The summed E-state index contributed by atoms with van der Waals surface area (Å²) in [5.74, 6) is -0.592. The van der Waals surface area contributed by atoms with Gasteiger partial charge in [-0.3, -0.25) is 0 Å². The number of hydrogen-bond donors (Lipinski definition) is 1. The molecule has 0 spiro atoms. The summed E-state index contributed by atoms with van der Waals surface area (Å²) in [5, 5.41) is 8.93. The van der Waals surface area contributed by atoms with Crippen LogP contribution in [0, 0.1) is 6.92 Å². The second kappa shape index (κ2) is 3.77. The molecule has 82 valence electrons. The third-order valence-electron chi connectivity index (χ3n) is 2.20. The lowest BCUT2D eigenvalue weighted by molar-refractivity contribution is 0.0696. The van der Waals surface area contributed by atoms with Gasteiger partial charge in [-0.15, -0.1) is 0 Å². The van der Waals surface area contributed by atoms with Gasteiger partial charge in [-0.25, -0.2) is 14.8 Å². The van der Waals surface area contributed by atoms with Crippen molar-refractivity contribution in [3.8, 4) is 5.75 Å². The van der Waals surface area contributed by atoms with Crippen molar-refractivity contribution in [1.82, 2.24) is 9.97 Å². The van der Waals surface area contributed by atoms with Crippen LogP contribution in [0.15, 0.2) is 18.3 Å². The highest BCUT2D eigenvalue weighted by atomic mass is 16.5. The van der Waals surface area contributed by atoms with Crippen LogP contribution in [-0.4, -0.2) is 28.2 Å². The Morgan fingerprint density at radius 1 is 1.44 bits per heavy atom. The van der Waals surface area contributed by atoms with Crippen molar-refractivity contribution in [2.75, 3.05) is 7.11 Å². The van der Waals surface area contributed by atoms with Crippen LogP contribution in [0.1, 0.15) is 16.1 Å². The van der Waals surface area contributed by atoms with E-state index in [1.54, 1.807) is 13.1 Å². The molecule has 0 saturated carbocycles. The number of hydrogen-bond acceptors (Lipinski definition) is 4. The minimum Gasteiger partial charge on any atom is -0.494 e. The van der Waals surface area contributed by atoms with Crippen molar-refractivity contribution in [3.63, 3.8) is 0 Å². The molecule has 1 aromatic carbocycles. The molecule has 5 heteroatoms. The summed E-state index contributed by atoms with van der Waals surface area (Å²) < 4.78 is 5.09. The molecule has 0 amide bonds. The van der Waals surface area contributed by atoms with E-state index >= 15 is 0 Å². The molecule has 1 aromatic heterocycles. The average Bonchev–Trinajstić information content (AvgIpc) is 2.26. The number of carbonyl (C=O) groups is 1. The van der Waals surface area contributed by atoms with Crippen molar-refractivity contribution >= 4 is 17.0 Å². The van der Waals surface area contributed by atoms with Crippen LogP contribution in [0.5, 0.6) is 5.75 Å². The van der Waals surface area contributed by atoms with Crippen LogP contribution in [0.25, 0.3) is 11.0 Å². The van der Waals surface area contributed by atoms with Crippen molar-refractivity contribution in [1.29, 1.82) is 0 Å². The molecule has 0 fully saturated rings. The number of aryl methyl sites for hydroxylation is 1. The lowest BCUT2D eigenvalue weighted by atomic mass is 10.1. The zero-order chi connectivity index (χ0) is 11.7. The Labute approximate surface area is 91.7 Å². The maximum atomic E-state index is 10.9. The molecular weight excluding hydrogens is 208 g/mol. The number of carboxylic acid groups (broad SMARTS) is 1. The number of aromatic carboxylic acids is 1. The Bertz CT molecular complexity index is 566. The number of fused-ring (bicyclic) bond motifs is 1. The standard InChI is InChI=1S/C11H10N2O3/c1-6-5-12-10-8(13-6)3-7(11(14)15)4-9(10)16-2/h3-5H,1-2H3,(H,14,15). The smallest absolute Gasteiger partial charge is 0.335 e. The highest BCUT2D eigenvalue weighted by Crippen LogP contribution is 2.24. The second-order valence-corrected chi connectivity index (χ2v) is 3.36. The first-order valence-electron chi connectivity index (χ1n) is 4.66. The minimum atomic E-state index is -1.01. The minimum absolute atomic E-state index is 0.143. The van der Waals surface area contributed by atoms with E-state index in [9.17, 15) is 4.79 Å². The molecule has 16 heavy (non-hydrogen) atoms. The molecule has 0 bridgehead atoms. The van der Waals surface area contributed by atoms with Crippen LogP contribution in [0.3, 0.4) is 0 Å².